The van der Waals surface area contributed by atoms with Crippen molar-refractivity contribution >= 4 is 17.7 Å². The van der Waals surface area contributed by atoms with Gasteiger partial charge in [0.1, 0.15) is 11.5 Å². The summed E-state index contributed by atoms with van der Waals surface area (Å²) >= 11 is 0. The second-order valence-electron chi connectivity index (χ2n) is 6.47. The van der Waals surface area contributed by atoms with Crippen molar-refractivity contribution in [3.63, 3.8) is 0 Å². The number of amides is 1. The number of nitrogens with zero attached hydrogens (tertiary/aromatic N) is 2. The Morgan fingerprint density at radius 1 is 0.828 bits per heavy atom. The first-order valence-corrected chi connectivity index (χ1v) is 8.93. The molecule has 0 radical (unpaired) electrons. The number of furan rings is 1. The molecule has 0 spiro atoms. The third-order valence-corrected chi connectivity index (χ3v) is 4.36. The highest BCUT2D eigenvalue weighted by Crippen LogP contribution is 2.26. The largest absolute Gasteiger partial charge is 0.466 e. The van der Waals surface area contributed by atoms with Crippen molar-refractivity contribution in [1.29, 1.82) is 0 Å². The lowest BCUT2D eigenvalue weighted by atomic mass is 10.0. The fraction of sp³-hybridized carbons (Fsp3) is 0.0909. The van der Waals surface area contributed by atoms with Gasteiger partial charge in [0.2, 0.25) is 0 Å². The van der Waals surface area contributed by atoms with Crippen LogP contribution in [0.25, 0.3) is 11.5 Å². The number of benzene rings is 2. The van der Waals surface area contributed by atoms with Gasteiger partial charge < -0.3 is 8.83 Å². The molecule has 0 aliphatic rings. The van der Waals surface area contributed by atoms with Gasteiger partial charge in [0, 0.05) is 16.7 Å². The summed E-state index contributed by atoms with van der Waals surface area (Å²) in [7, 11) is 0. The summed E-state index contributed by atoms with van der Waals surface area (Å²) in [5, 5.41) is 10.4. The molecule has 4 aromatic rings. The number of rotatable bonds is 5. The summed E-state index contributed by atoms with van der Waals surface area (Å²) in [6.07, 6.45) is 0. The summed E-state index contributed by atoms with van der Waals surface area (Å²) in [6.45, 7) is 3.62. The molecule has 7 nitrogen and oxygen atoms in total. The molecule has 7 heteroatoms. The maximum Gasteiger partial charge on any atom is 0.322 e. The minimum atomic E-state index is -0.418. The molecule has 0 saturated heterocycles. The van der Waals surface area contributed by atoms with Crippen molar-refractivity contribution in [3.8, 4) is 11.5 Å². The third kappa shape index (κ3) is 3.84. The van der Waals surface area contributed by atoms with Crippen LogP contribution in [-0.2, 0) is 0 Å². The van der Waals surface area contributed by atoms with E-state index in [1.165, 1.54) is 0 Å². The van der Waals surface area contributed by atoms with E-state index in [0.29, 0.717) is 28.0 Å². The zero-order valence-electron chi connectivity index (χ0n) is 15.8. The summed E-state index contributed by atoms with van der Waals surface area (Å²) in [4.78, 5) is 24.9. The molecule has 2 heterocycles. The number of ketones is 1. The van der Waals surface area contributed by atoms with Gasteiger partial charge in [-0.1, -0.05) is 47.6 Å². The number of hydrogen-bond donors (Lipinski definition) is 1. The van der Waals surface area contributed by atoms with Crippen LogP contribution in [0.3, 0.4) is 0 Å². The lowest BCUT2D eigenvalue weighted by molar-refractivity contribution is 0.101. The van der Waals surface area contributed by atoms with Crippen LogP contribution >= 0.6 is 0 Å². The number of nitrogens with one attached hydrogen (secondary N) is 1. The van der Waals surface area contributed by atoms with E-state index >= 15 is 0 Å². The van der Waals surface area contributed by atoms with Gasteiger partial charge in [0.25, 0.3) is 11.8 Å². The fourth-order valence-corrected chi connectivity index (χ4v) is 2.92. The van der Waals surface area contributed by atoms with Gasteiger partial charge in [0.05, 0.1) is 5.56 Å². The van der Waals surface area contributed by atoms with Gasteiger partial charge in [-0.3, -0.25) is 14.9 Å². The van der Waals surface area contributed by atoms with E-state index in [1.807, 2.05) is 13.0 Å². The third-order valence-electron chi connectivity index (χ3n) is 4.36. The summed E-state index contributed by atoms with van der Waals surface area (Å²) < 4.78 is 11.0. The molecule has 4 rings (SSSR count). The maximum absolute atomic E-state index is 12.4. The van der Waals surface area contributed by atoms with E-state index in [4.69, 9.17) is 8.83 Å². The van der Waals surface area contributed by atoms with Crippen molar-refractivity contribution < 1.29 is 18.4 Å². The van der Waals surface area contributed by atoms with Crippen LogP contribution in [0.2, 0.25) is 0 Å². The molecule has 1 amide bonds. The Morgan fingerprint density at radius 2 is 1.48 bits per heavy atom. The van der Waals surface area contributed by atoms with E-state index in [2.05, 4.69) is 15.5 Å². The zero-order chi connectivity index (χ0) is 20.4. The van der Waals surface area contributed by atoms with Crippen molar-refractivity contribution in [2.24, 2.45) is 0 Å². The number of hydrogen-bond acceptors (Lipinski definition) is 6. The number of carbonyl (C=O) groups excluding carboxylic acids is 2. The maximum atomic E-state index is 12.4. The second-order valence-corrected chi connectivity index (χ2v) is 6.47. The highest BCUT2D eigenvalue weighted by Gasteiger charge is 2.17. The Labute approximate surface area is 166 Å². The smallest absolute Gasteiger partial charge is 0.322 e. The summed E-state index contributed by atoms with van der Waals surface area (Å²) in [5.41, 5.74) is 2.13. The average molecular weight is 387 g/mol. The number of carbonyl (C=O) groups is 2. The zero-order valence-corrected chi connectivity index (χ0v) is 15.8. The quantitative estimate of drug-likeness (QED) is 0.509. The van der Waals surface area contributed by atoms with E-state index in [9.17, 15) is 9.59 Å². The topological polar surface area (TPSA) is 98.2 Å². The van der Waals surface area contributed by atoms with Gasteiger partial charge in [-0.05, 0) is 32.0 Å². The Balaban J connectivity index is 1.47. The Morgan fingerprint density at radius 3 is 2.14 bits per heavy atom. The highest BCUT2D eigenvalue weighted by molar-refractivity contribution is 6.10. The minimum absolute atomic E-state index is 0.0207. The lowest BCUT2D eigenvalue weighted by Gasteiger charge is -2.03. The van der Waals surface area contributed by atoms with E-state index in [-0.39, 0.29) is 17.7 Å². The molecule has 29 heavy (non-hydrogen) atoms. The van der Waals surface area contributed by atoms with Crippen molar-refractivity contribution in [2.45, 2.75) is 13.8 Å². The van der Waals surface area contributed by atoms with E-state index in [0.717, 1.165) is 5.76 Å². The molecule has 1 N–H and O–H groups in total. The SMILES string of the molecule is Cc1cc(-c2nnc(NC(=O)c3ccc(C(=O)c4ccccc4)cc3)o2)c(C)o1. The Bertz CT molecular complexity index is 1170. The van der Waals surface area contributed by atoms with E-state index < -0.39 is 5.91 Å². The molecular formula is C22H17N3O4. The number of aromatic nitrogens is 2. The molecule has 0 saturated carbocycles. The Hall–Kier alpha value is -4.00. The van der Waals surface area contributed by atoms with Crippen LogP contribution in [0.4, 0.5) is 6.01 Å². The fourth-order valence-electron chi connectivity index (χ4n) is 2.92. The summed E-state index contributed by atoms with van der Waals surface area (Å²) in [5.74, 6) is 1.12. The normalized spacial score (nSPS) is 10.7. The van der Waals surface area contributed by atoms with Crippen LogP contribution in [0, 0.1) is 13.8 Å². The van der Waals surface area contributed by atoms with Gasteiger partial charge in [-0.15, -0.1) is 5.10 Å². The van der Waals surface area contributed by atoms with Crippen LogP contribution < -0.4 is 5.32 Å². The van der Waals surface area contributed by atoms with Gasteiger partial charge >= 0.3 is 6.01 Å². The number of anilines is 1. The Kier molecular flexibility index (Phi) is 4.78. The van der Waals surface area contributed by atoms with Gasteiger partial charge in [-0.25, -0.2) is 0 Å². The predicted octanol–water partition coefficient (Wildman–Crippen LogP) is 4.43. The number of aryl methyl sites for hydroxylation is 2. The van der Waals surface area contributed by atoms with Crippen LogP contribution in [0.1, 0.15) is 37.8 Å². The predicted molar refractivity (Wildman–Crippen MR) is 106 cm³/mol. The van der Waals surface area contributed by atoms with Crippen LogP contribution in [0.15, 0.2) is 69.5 Å². The molecule has 0 aliphatic heterocycles. The van der Waals surface area contributed by atoms with Crippen LogP contribution in [0.5, 0.6) is 0 Å². The minimum Gasteiger partial charge on any atom is -0.466 e. The molecule has 2 aromatic carbocycles. The molecule has 0 atom stereocenters. The van der Waals surface area contributed by atoms with Gasteiger partial charge in [-0.2, -0.15) is 0 Å². The van der Waals surface area contributed by atoms with Crippen molar-refractivity contribution in [3.05, 3.63) is 88.9 Å². The first-order chi connectivity index (χ1) is 14.0. The highest BCUT2D eigenvalue weighted by atomic mass is 16.4. The standard InChI is InChI=1S/C22H17N3O4/c1-13-12-18(14(2)28-13)21-24-25-22(29-21)23-20(27)17-10-8-16(9-11-17)19(26)15-6-4-3-5-7-15/h3-12H,1-2H3,(H,23,25,27). The van der Waals surface area contributed by atoms with Crippen LogP contribution in [-0.4, -0.2) is 21.9 Å². The molecule has 144 valence electrons. The molecule has 2 aromatic heterocycles. The molecular weight excluding hydrogens is 370 g/mol. The lowest BCUT2D eigenvalue weighted by Crippen LogP contribution is -2.12. The second kappa shape index (κ2) is 7.55. The van der Waals surface area contributed by atoms with Gasteiger partial charge in [0.15, 0.2) is 5.78 Å². The average Bonchev–Trinajstić information content (AvgIpc) is 3.33. The molecule has 0 bridgehead atoms. The van der Waals surface area contributed by atoms with Crippen molar-refractivity contribution in [2.75, 3.05) is 5.32 Å². The van der Waals surface area contributed by atoms with E-state index in [1.54, 1.807) is 61.5 Å². The molecule has 0 aliphatic carbocycles. The summed E-state index contributed by atoms with van der Waals surface area (Å²) in [6, 6.07) is 17.1. The molecule has 0 fully saturated rings. The first-order valence-electron chi connectivity index (χ1n) is 8.93. The van der Waals surface area contributed by atoms with Crippen molar-refractivity contribution in [1.82, 2.24) is 10.2 Å². The molecule has 0 unspecified atom stereocenters. The monoisotopic (exact) mass is 387 g/mol. The first kappa shape index (κ1) is 18.4.